The molecule has 2 heterocycles. The summed E-state index contributed by atoms with van der Waals surface area (Å²) in [5.74, 6) is 0.158. The molecule has 0 radical (unpaired) electrons. The van der Waals surface area contributed by atoms with Gasteiger partial charge in [0.05, 0.1) is 12.5 Å². The molecule has 0 saturated carbocycles. The zero-order chi connectivity index (χ0) is 19.4. The fourth-order valence-corrected chi connectivity index (χ4v) is 3.54. The van der Waals surface area contributed by atoms with Gasteiger partial charge in [0.25, 0.3) is 0 Å². The van der Waals surface area contributed by atoms with Gasteiger partial charge in [0, 0.05) is 26.8 Å². The number of nitrogens with zero attached hydrogens (tertiary/aromatic N) is 3. The van der Waals surface area contributed by atoms with Crippen molar-refractivity contribution in [3.63, 3.8) is 0 Å². The van der Waals surface area contributed by atoms with Crippen molar-refractivity contribution in [3.05, 3.63) is 51.2 Å². The van der Waals surface area contributed by atoms with Gasteiger partial charge in [-0.3, -0.25) is 9.36 Å². The molecule has 3 rings (SSSR count). The first kappa shape index (κ1) is 19.4. The van der Waals surface area contributed by atoms with E-state index in [9.17, 15) is 9.59 Å². The lowest BCUT2D eigenvalue weighted by Crippen LogP contribution is -2.35. The average Bonchev–Trinajstić information content (AvgIpc) is 2.97. The van der Waals surface area contributed by atoms with Crippen LogP contribution in [0.1, 0.15) is 47.7 Å². The van der Waals surface area contributed by atoms with E-state index in [0.29, 0.717) is 32.1 Å². The largest absolute Gasteiger partial charge is 0.385 e. The summed E-state index contributed by atoms with van der Waals surface area (Å²) in [4.78, 5) is 25.4. The summed E-state index contributed by atoms with van der Waals surface area (Å²) in [5, 5.41) is 7.48. The van der Waals surface area contributed by atoms with Gasteiger partial charge in [-0.05, 0) is 44.2 Å². The first-order valence-corrected chi connectivity index (χ1v) is 9.51. The van der Waals surface area contributed by atoms with Crippen molar-refractivity contribution >= 4 is 5.91 Å². The molecular formula is C20H28N4O3. The maximum atomic E-state index is 12.8. The van der Waals surface area contributed by atoms with Crippen molar-refractivity contribution in [2.45, 2.75) is 52.1 Å². The topological polar surface area (TPSA) is 78.2 Å². The first-order chi connectivity index (χ1) is 13.0. The van der Waals surface area contributed by atoms with Gasteiger partial charge in [-0.25, -0.2) is 9.48 Å². The number of ether oxygens (including phenoxy) is 1. The zero-order valence-electron chi connectivity index (χ0n) is 16.3. The van der Waals surface area contributed by atoms with E-state index in [-0.39, 0.29) is 17.5 Å². The second kappa shape index (κ2) is 8.52. The van der Waals surface area contributed by atoms with Crippen molar-refractivity contribution in [2.24, 2.45) is 0 Å². The number of benzene rings is 1. The second-order valence-electron chi connectivity index (χ2n) is 7.21. The molecule has 27 heavy (non-hydrogen) atoms. The van der Waals surface area contributed by atoms with Crippen LogP contribution < -0.4 is 11.0 Å². The van der Waals surface area contributed by atoms with Crippen LogP contribution in [-0.2, 0) is 22.6 Å². The van der Waals surface area contributed by atoms with Gasteiger partial charge in [0.2, 0.25) is 5.91 Å². The Labute approximate surface area is 159 Å². The maximum absolute atomic E-state index is 12.8. The summed E-state index contributed by atoms with van der Waals surface area (Å²) in [6.45, 7) is 6.29. The molecule has 1 unspecified atom stereocenters. The average molecular weight is 372 g/mol. The number of aryl methyl sites for hydroxylation is 2. The number of rotatable bonds is 7. The zero-order valence-corrected chi connectivity index (χ0v) is 16.3. The van der Waals surface area contributed by atoms with Gasteiger partial charge >= 0.3 is 5.69 Å². The minimum atomic E-state index is -0.367. The molecule has 1 atom stereocenters. The highest BCUT2D eigenvalue weighted by Crippen LogP contribution is 2.24. The highest BCUT2D eigenvalue weighted by Gasteiger charge is 2.31. The summed E-state index contributed by atoms with van der Waals surface area (Å²) in [6, 6.07) is 6.20. The van der Waals surface area contributed by atoms with Crippen LogP contribution in [0.2, 0.25) is 0 Å². The van der Waals surface area contributed by atoms with E-state index in [1.54, 1.807) is 11.7 Å². The van der Waals surface area contributed by atoms with Crippen LogP contribution in [-0.4, -0.2) is 40.5 Å². The number of hydrogen-bond acceptors (Lipinski definition) is 4. The van der Waals surface area contributed by atoms with Crippen molar-refractivity contribution in [2.75, 3.05) is 20.3 Å². The lowest BCUT2D eigenvalue weighted by atomic mass is 9.98. The number of carbonyl (C=O) groups is 1. The third-order valence-corrected chi connectivity index (χ3v) is 5.10. The number of fused-ring (bicyclic) bond motifs is 1. The van der Waals surface area contributed by atoms with E-state index < -0.39 is 0 Å². The number of nitrogens with one attached hydrogen (secondary N) is 1. The minimum absolute atomic E-state index is 0.0593. The molecule has 0 fully saturated rings. The Hall–Kier alpha value is -2.41. The SMILES string of the molecule is COCCCNC(=O)C1CCCn2c1nn(Cc1cc(C)ccc1C)c2=O. The van der Waals surface area contributed by atoms with Crippen molar-refractivity contribution < 1.29 is 9.53 Å². The van der Waals surface area contributed by atoms with Crippen molar-refractivity contribution in [3.8, 4) is 0 Å². The van der Waals surface area contributed by atoms with Gasteiger partial charge in [-0.2, -0.15) is 5.10 Å². The Kier molecular flexibility index (Phi) is 6.11. The summed E-state index contributed by atoms with van der Waals surface area (Å²) in [6.07, 6.45) is 2.29. The number of aromatic nitrogens is 3. The first-order valence-electron chi connectivity index (χ1n) is 9.51. The van der Waals surface area contributed by atoms with Gasteiger partial charge in [-0.15, -0.1) is 0 Å². The third-order valence-electron chi connectivity index (χ3n) is 5.10. The quantitative estimate of drug-likeness (QED) is 0.751. The number of carbonyl (C=O) groups excluding carboxylic acids is 1. The Morgan fingerprint density at radius 1 is 1.37 bits per heavy atom. The molecule has 2 aromatic rings. The van der Waals surface area contributed by atoms with Crippen LogP contribution in [0.3, 0.4) is 0 Å². The Balaban J connectivity index is 1.80. The molecule has 1 aromatic carbocycles. The van der Waals surface area contributed by atoms with E-state index >= 15 is 0 Å². The van der Waals surface area contributed by atoms with Gasteiger partial charge in [0.1, 0.15) is 5.82 Å². The Bertz CT molecular complexity index is 869. The van der Waals surface area contributed by atoms with E-state index in [4.69, 9.17) is 4.74 Å². The maximum Gasteiger partial charge on any atom is 0.346 e. The van der Waals surface area contributed by atoms with Crippen molar-refractivity contribution in [1.29, 1.82) is 0 Å². The monoisotopic (exact) mass is 372 g/mol. The standard InChI is InChI=1S/C20H28N4O3/c1-14-7-8-15(2)16(12-14)13-24-20(26)23-10-4-6-17(18(23)22-24)19(25)21-9-5-11-27-3/h7-8,12,17H,4-6,9-11,13H2,1-3H3,(H,21,25). The van der Waals surface area contributed by atoms with Gasteiger partial charge in [0.15, 0.2) is 0 Å². The predicted molar refractivity (Wildman–Crippen MR) is 103 cm³/mol. The number of amides is 1. The molecule has 7 heteroatoms. The molecule has 1 amide bonds. The second-order valence-corrected chi connectivity index (χ2v) is 7.21. The normalized spacial score (nSPS) is 16.2. The molecule has 0 saturated heterocycles. The molecule has 0 aliphatic carbocycles. The summed E-state index contributed by atoms with van der Waals surface area (Å²) in [7, 11) is 1.64. The molecule has 0 spiro atoms. The third kappa shape index (κ3) is 4.30. The van der Waals surface area contributed by atoms with Crippen molar-refractivity contribution in [1.82, 2.24) is 19.7 Å². The predicted octanol–water partition coefficient (Wildman–Crippen LogP) is 1.74. The smallest absolute Gasteiger partial charge is 0.346 e. The van der Waals surface area contributed by atoms with Crippen LogP contribution in [0.5, 0.6) is 0 Å². The lowest BCUT2D eigenvalue weighted by Gasteiger charge is -2.21. The summed E-state index contributed by atoms with van der Waals surface area (Å²) in [5.41, 5.74) is 3.22. The number of hydrogen-bond donors (Lipinski definition) is 1. The van der Waals surface area contributed by atoms with E-state index in [2.05, 4.69) is 28.6 Å². The van der Waals surface area contributed by atoms with Crippen LogP contribution in [0.25, 0.3) is 0 Å². The fourth-order valence-electron chi connectivity index (χ4n) is 3.54. The summed E-state index contributed by atoms with van der Waals surface area (Å²) >= 11 is 0. The van der Waals surface area contributed by atoms with Crippen LogP contribution in [0.4, 0.5) is 0 Å². The van der Waals surface area contributed by atoms with Crippen LogP contribution >= 0.6 is 0 Å². The molecule has 1 aliphatic rings. The summed E-state index contributed by atoms with van der Waals surface area (Å²) < 4.78 is 8.16. The highest BCUT2D eigenvalue weighted by molar-refractivity contribution is 5.82. The fraction of sp³-hybridized carbons (Fsp3) is 0.550. The van der Waals surface area contributed by atoms with Gasteiger partial charge < -0.3 is 10.1 Å². The molecule has 1 N–H and O–H groups in total. The molecule has 7 nitrogen and oxygen atoms in total. The van der Waals surface area contributed by atoms with Gasteiger partial charge in [-0.1, -0.05) is 23.8 Å². The molecular weight excluding hydrogens is 344 g/mol. The molecule has 0 bridgehead atoms. The Morgan fingerprint density at radius 3 is 2.96 bits per heavy atom. The Morgan fingerprint density at radius 2 is 2.19 bits per heavy atom. The number of methoxy groups -OCH3 is 1. The van der Waals surface area contributed by atoms with Crippen LogP contribution in [0.15, 0.2) is 23.0 Å². The lowest BCUT2D eigenvalue weighted by molar-refractivity contribution is -0.123. The van der Waals surface area contributed by atoms with Crippen LogP contribution in [0, 0.1) is 13.8 Å². The highest BCUT2D eigenvalue weighted by atomic mass is 16.5. The molecule has 1 aliphatic heterocycles. The van der Waals surface area contributed by atoms with E-state index in [0.717, 1.165) is 36.0 Å². The van der Waals surface area contributed by atoms with E-state index in [1.165, 1.54) is 4.68 Å². The molecule has 1 aromatic heterocycles. The molecule has 146 valence electrons. The van der Waals surface area contributed by atoms with E-state index in [1.807, 2.05) is 13.8 Å². The minimum Gasteiger partial charge on any atom is -0.385 e.